The summed E-state index contributed by atoms with van der Waals surface area (Å²) in [5.41, 5.74) is 0. The lowest BCUT2D eigenvalue weighted by atomic mass is 10.4. The third kappa shape index (κ3) is 4.06. The van der Waals surface area contributed by atoms with E-state index in [1.165, 1.54) is 38.7 Å². The van der Waals surface area contributed by atoms with Crippen LogP contribution in [0.4, 0.5) is 9.52 Å². The summed E-state index contributed by atoms with van der Waals surface area (Å²) >= 11 is 6.70. The van der Waals surface area contributed by atoms with Gasteiger partial charge in [0, 0.05) is 7.05 Å². The van der Waals surface area contributed by atoms with Crippen LogP contribution in [0.5, 0.6) is 0 Å². The number of benzene rings is 1. The van der Waals surface area contributed by atoms with E-state index < -0.39 is 15.8 Å². The highest BCUT2D eigenvalue weighted by atomic mass is 32.2. The van der Waals surface area contributed by atoms with E-state index in [2.05, 4.69) is 10.4 Å². The highest BCUT2D eigenvalue weighted by Gasteiger charge is 2.30. The summed E-state index contributed by atoms with van der Waals surface area (Å²) in [6.07, 6.45) is 0. The minimum atomic E-state index is -3.66. The lowest BCUT2D eigenvalue weighted by Crippen LogP contribution is -3.14. The number of sulfonamides is 1. The van der Waals surface area contributed by atoms with Gasteiger partial charge < -0.3 is 10.2 Å². The number of aromatic nitrogens is 2. The molecule has 1 saturated heterocycles. The van der Waals surface area contributed by atoms with E-state index in [1.54, 1.807) is 11.7 Å². The summed E-state index contributed by atoms with van der Waals surface area (Å²) in [5.74, 6) is -0.552. The number of halogens is 1. The Morgan fingerprint density at radius 1 is 1.40 bits per heavy atom. The van der Waals surface area contributed by atoms with Gasteiger partial charge in [0.15, 0.2) is 10.6 Å². The zero-order valence-electron chi connectivity index (χ0n) is 13.6. The average molecular weight is 405 g/mol. The van der Waals surface area contributed by atoms with Gasteiger partial charge in [0.25, 0.3) is 0 Å². The van der Waals surface area contributed by atoms with Crippen molar-refractivity contribution in [1.29, 1.82) is 0 Å². The van der Waals surface area contributed by atoms with Crippen molar-refractivity contribution < 1.29 is 17.7 Å². The second kappa shape index (κ2) is 7.46. The van der Waals surface area contributed by atoms with E-state index in [1.807, 2.05) is 0 Å². The molecule has 0 unspecified atom stereocenters. The summed E-state index contributed by atoms with van der Waals surface area (Å²) in [7, 11) is -1.87. The zero-order chi connectivity index (χ0) is 18.0. The van der Waals surface area contributed by atoms with Crippen molar-refractivity contribution in [2.75, 3.05) is 38.5 Å². The number of anilines is 1. The quantitative estimate of drug-likeness (QED) is 0.706. The molecule has 136 valence electrons. The number of hydrogen-bond acceptors (Lipinski definition) is 6. The molecule has 0 aliphatic carbocycles. The van der Waals surface area contributed by atoms with Gasteiger partial charge in [-0.25, -0.2) is 12.8 Å². The molecule has 2 N–H and O–H groups in total. The van der Waals surface area contributed by atoms with Gasteiger partial charge >= 0.3 is 0 Å². The van der Waals surface area contributed by atoms with Crippen LogP contribution in [-0.2, 0) is 16.7 Å². The molecule has 0 spiro atoms. The fourth-order valence-corrected chi connectivity index (χ4v) is 5.13. The molecule has 7 nitrogen and oxygen atoms in total. The first kappa shape index (κ1) is 18.4. The molecule has 1 aliphatic rings. The van der Waals surface area contributed by atoms with Gasteiger partial charge in [0.05, 0.1) is 31.1 Å². The highest BCUT2D eigenvalue weighted by Crippen LogP contribution is 2.16. The number of nitrogens with one attached hydrogen (secondary N) is 2. The van der Waals surface area contributed by atoms with E-state index in [9.17, 15) is 12.8 Å². The molecule has 11 heteroatoms. The molecule has 0 atom stereocenters. The van der Waals surface area contributed by atoms with Crippen molar-refractivity contribution in [3.63, 3.8) is 0 Å². The van der Waals surface area contributed by atoms with Gasteiger partial charge in [-0.15, -0.1) is 5.10 Å². The molecule has 25 heavy (non-hydrogen) atoms. The standard InChI is InChI=1S/C14H18FN5O2S3/c1-16-13-17-20(14(23)24-13)10-18-5-7-19(8-6-18)25(21,22)12-4-2-3-11(15)9-12/h2-4,9H,5-8,10H2,1H3,(H,16,17)/p+1. The molecule has 0 saturated carbocycles. The summed E-state index contributed by atoms with van der Waals surface area (Å²) < 4.78 is 42.4. The van der Waals surface area contributed by atoms with Gasteiger partial charge in [-0.05, 0) is 30.4 Å². The molecule has 0 radical (unpaired) electrons. The predicted molar refractivity (Wildman–Crippen MR) is 96.3 cm³/mol. The molecule has 0 bridgehead atoms. The minimum absolute atomic E-state index is 0.00340. The van der Waals surface area contributed by atoms with Crippen molar-refractivity contribution in [3.8, 4) is 0 Å². The molecule has 1 aliphatic heterocycles. The number of nitrogens with zero attached hydrogens (tertiary/aromatic N) is 3. The van der Waals surface area contributed by atoms with Crippen LogP contribution in [0.3, 0.4) is 0 Å². The number of rotatable bonds is 5. The Morgan fingerprint density at radius 2 is 2.12 bits per heavy atom. The lowest BCUT2D eigenvalue weighted by molar-refractivity contribution is -0.926. The van der Waals surface area contributed by atoms with Gasteiger partial charge in [0.1, 0.15) is 5.82 Å². The van der Waals surface area contributed by atoms with Crippen LogP contribution in [0.25, 0.3) is 0 Å². The molecule has 3 rings (SSSR count). The normalized spacial score (nSPS) is 16.9. The largest absolute Gasteiger partial charge is 0.363 e. The minimum Gasteiger partial charge on any atom is -0.363 e. The average Bonchev–Trinajstić information content (AvgIpc) is 2.95. The monoisotopic (exact) mass is 404 g/mol. The first-order valence-corrected chi connectivity index (χ1v) is 10.4. The van der Waals surface area contributed by atoms with E-state index >= 15 is 0 Å². The van der Waals surface area contributed by atoms with E-state index in [0.29, 0.717) is 36.8 Å². The van der Waals surface area contributed by atoms with Crippen molar-refractivity contribution in [3.05, 3.63) is 34.0 Å². The maximum Gasteiger partial charge on any atom is 0.243 e. The van der Waals surface area contributed by atoms with Crippen molar-refractivity contribution in [1.82, 2.24) is 14.1 Å². The Hall–Kier alpha value is -1.40. The van der Waals surface area contributed by atoms with E-state index in [-0.39, 0.29) is 4.90 Å². The lowest BCUT2D eigenvalue weighted by Gasteiger charge is -2.31. The number of piperazine rings is 1. The van der Waals surface area contributed by atoms with Crippen molar-refractivity contribution in [2.24, 2.45) is 0 Å². The zero-order valence-corrected chi connectivity index (χ0v) is 16.1. The van der Waals surface area contributed by atoms with Crippen LogP contribution in [0.15, 0.2) is 29.2 Å². The summed E-state index contributed by atoms with van der Waals surface area (Å²) in [5, 5.41) is 8.10. The maximum atomic E-state index is 13.3. The summed E-state index contributed by atoms with van der Waals surface area (Å²) in [6, 6.07) is 5.12. The SMILES string of the molecule is CNc1nn(C[NH+]2CCN(S(=O)(=O)c3cccc(F)c3)CC2)c(=S)s1. The molecule has 1 fully saturated rings. The van der Waals surface area contributed by atoms with Crippen LogP contribution in [0.1, 0.15) is 0 Å². The van der Waals surface area contributed by atoms with Gasteiger partial charge in [0.2, 0.25) is 15.2 Å². The van der Waals surface area contributed by atoms with Crippen LogP contribution >= 0.6 is 23.6 Å². The third-order valence-electron chi connectivity index (χ3n) is 4.06. The van der Waals surface area contributed by atoms with Gasteiger partial charge in [-0.1, -0.05) is 17.4 Å². The molecule has 1 aromatic carbocycles. The van der Waals surface area contributed by atoms with Crippen LogP contribution in [0, 0.1) is 9.77 Å². The Morgan fingerprint density at radius 3 is 2.72 bits per heavy atom. The summed E-state index contributed by atoms with van der Waals surface area (Å²) in [4.78, 5) is 1.20. The molecule has 1 aromatic heterocycles. The number of hydrogen-bond donors (Lipinski definition) is 2. The van der Waals surface area contributed by atoms with Gasteiger partial charge in [-0.2, -0.15) is 8.99 Å². The van der Waals surface area contributed by atoms with Crippen molar-refractivity contribution in [2.45, 2.75) is 11.6 Å². The van der Waals surface area contributed by atoms with E-state index in [4.69, 9.17) is 12.2 Å². The van der Waals surface area contributed by atoms with Crippen LogP contribution in [-0.4, -0.2) is 55.7 Å². The van der Waals surface area contributed by atoms with Gasteiger partial charge in [-0.3, -0.25) is 0 Å². The first-order valence-electron chi connectivity index (χ1n) is 7.75. The smallest absolute Gasteiger partial charge is 0.243 e. The Balaban J connectivity index is 1.65. The summed E-state index contributed by atoms with van der Waals surface area (Å²) in [6.45, 7) is 2.64. The highest BCUT2D eigenvalue weighted by molar-refractivity contribution is 7.89. The van der Waals surface area contributed by atoms with Crippen LogP contribution < -0.4 is 10.2 Å². The Kier molecular flexibility index (Phi) is 5.49. The molecule has 2 aromatic rings. The second-order valence-electron chi connectivity index (χ2n) is 5.69. The first-order chi connectivity index (χ1) is 11.9. The van der Waals surface area contributed by atoms with Crippen LogP contribution in [0.2, 0.25) is 0 Å². The maximum absolute atomic E-state index is 13.3. The molecular formula is C14H19FN5O2S3+. The second-order valence-corrected chi connectivity index (χ2v) is 9.25. The van der Waals surface area contributed by atoms with Crippen molar-refractivity contribution >= 4 is 38.7 Å². The Labute approximate surface area is 154 Å². The fraction of sp³-hybridized carbons (Fsp3) is 0.429. The Bertz CT molecular complexity index is 903. The third-order valence-corrected chi connectivity index (χ3v) is 7.28. The molecule has 2 heterocycles. The predicted octanol–water partition coefficient (Wildman–Crippen LogP) is 0.402. The number of quaternary nitrogens is 1. The van der Waals surface area contributed by atoms with E-state index in [0.717, 1.165) is 11.2 Å². The molecular weight excluding hydrogens is 385 g/mol. The fourth-order valence-electron chi connectivity index (χ4n) is 2.70. The molecule has 0 amide bonds. The topological polar surface area (TPSA) is 71.7 Å².